The number of hydrogen-bond acceptors (Lipinski definition) is 9. The average Bonchev–Trinajstić information content (AvgIpc) is 3.15. The molecular weight excluding hydrogens is 506 g/mol. The topological polar surface area (TPSA) is 139 Å². The maximum absolute atomic E-state index is 13.3. The van der Waals surface area contributed by atoms with Crippen molar-refractivity contribution in [2.75, 3.05) is 42.4 Å². The van der Waals surface area contributed by atoms with Crippen molar-refractivity contribution in [3.8, 4) is 5.82 Å². The first-order chi connectivity index (χ1) is 18.1. The minimum atomic E-state index is -2.42. The second-order valence-corrected chi connectivity index (χ2v) is 12.1. The summed E-state index contributed by atoms with van der Waals surface area (Å²) >= 11 is 0. The molecule has 1 saturated heterocycles. The Morgan fingerprint density at radius 3 is 2.53 bits per heavy atom. The van der Waals surface area contributed by atoms with E-state index in [0.29, 0.717) is 41.7 Å². The van der Waals surface area contributed by atoms with Crippen molar-refractivity contribution in [3.05, 3.63) is 59.0 Å². The number of fused-ring (bicyclic) bond motifs is 1. The van der Waals surface area contributed by atoms with Crippen LogP contribution in [-0.2, 0) is 14.5 Å². The molecule has 1 aliphatic heterocycles. The molecule has 198 valence electrons. The Bertz CT molecular complexity index is 1690. The van der Waals surface area contributed by atoms with Gasteiger partial charge < -0.3 is 15.5 Å². The number of piperazine rings is 1. The summed E-state index contributed by atoms with van der Waals surface area (Å²) in [4.78, 5) is 40.6. The summed E-state index contributed by atoms with van der Waals surface area (Å²) in [5.41, 5.74) is 1.85. The van der Waals surface area contributed by atoms with Crippen LogP contribution in [0.15, 0.2) is 57.8 Å². The smallest absolute Gasteiger partial charge is 0.278 e. The van der Waals surface area contributed by atoms with Crippen molar-refractivity contribution in [2.45, 2.75) is 19.9 Å². The molecule has 1 aromatic carbocycles. The van der Waals surface area contributed by atoms with E-state index >= 15 is 0 Å². The number of pyridine rings is 1. The Labute approximate surface area is 219 Å². The molecule has 1 amide bonds. The van der Waals surface area contributed by atoms with Gasteiger partial charge in [-0.1, -0.05) is 6.07 Å². The molecule has 1 aliphatic rings. The predicted octanol–water partition coefficient (Wildman–Crippen LogP) is 2.60. The Morgan fingerprint density at radius 1 is 1.08 bits per heavy atom. The van der Waals surface area contributed by atoms with Crippen LogP contribution in [0.4, 0.5) is 23.1 Å². The average molecular weight is 536 g/mol. The van der Waals surface area contributed by atoms with Gasteiger partial charge in [0.05, 0.1) is 6.54 Å². The zero-order chi connectivity index (χ0) is 27.0. The van der Waals surface area contributed by atoms with E-state index < -0.39 is 9.73 Å². The summed E-state index contributed by atoms with van der Waals surface area (Å²) < 4.78 is 19.6. The molecule has 4 heterocycles. The lowest BCUT2D eigenvalue weighted by atomic mass is 10.2. The summed E-state index contributed by atoms with van der Waals surface area (Å²) in [7, 11) is -2.42. The third kappa shape index (κ3) is 5.23. The second-order valence-electron chi connectivity index (χ2n) is 9.56. The SMILES string of the molecule is CC(C)n1c(=O)c2cnc(Nc3ccc(N4CCNC(=O)C4)cc3)nc2n1-c1cccc(N=S(C)(C)=O)n1. The van der Waals surface area contributed by atoms with Crippen molar-refractivity contribution >= 4 is 49.8 Å². The van der Waals surface area contributed by atoms with Crippen LogP contribution in [-0.4, -0.2) is 66.6 Å². The second kappa shape index (κ2) is 9.89. The fourth-order valence-corrected chi connectivity index (χ4v) is 4.85. The van der Waals surface area contributed by atoms with Crippen LogP contribution >= 0.6 is 0 Å². The number of benzene rings is 1. The van der Waals surface area contributed by atoms with Gasteiger partial charge in [0.15, 0.2) is 17.3 Å². The lowest BCUT2D eigenvalue weighted by molar-refractivity contribution is -0.120. The molecule has 2 N–H and O–H groups in total. The standard InChI is InChI=1S/C25H29N9O3S/c1-16(2)33-24(36)19-14-27-25(28-17-8-10-18(11-9-17)32-13-12-26-22(35)15-32)30-23(19)34(33)21-7-5-6-20(29-21)31-38(3,4)37/h5-11,14,16H,12-13,15H2,1-4H3,(H,26,35)(H,27,28,30). The molecule has 5 rings (SSSR count). The Balaban J connectivity index is 1.53. The predicted molar refractivity (Wildman–Crippen MR) is 148 cm³/mol. The third-order valence-corrected chi connectivity index (χ3v) is 6.52. The molecule has 38 heavy (non-hydrogen) atoms. The highest BCUT2D eigenvalue weighted by atomic mass is 32.2. The highest BCUT2D eigenvalue weighted by Crippen LogP contribution is 2.23. The maximum Gasteiger partial charge on any atom is 0.278 e. The third-order valence-electron chi connectivity index (χ3n) is 5.89. The summed E-state index contributed by atoms with van der Waals surface area (Å²) in [5, 5.41) is 6.37. The quantitative estimate of drug-likeness (QED) is 0.384. The summed E-state index contributed by atoms with van der Waals surface area (Å²) in [6, 6.07) is 12.6. The Hall–Kier alpha value is -4.26. The fraction of sp³-hybridized carbons (Fsp3) is 0.320. The van der Waals surface area contributed by atoms with Gasteiger partial charge in [-0.3, -0.25) is 9.59 Å². The molecule has 0 spiro atoms. The van der Waals surface area contributed by atoms with Gasteiger partial charge in [-0.25, -0.2) is 23.5 Å². The van der Waals surface area contributed by atoms with Crippen LogP contribution in [0.2, 0.25) is 0 Å². The van der Waals surface area contributed by atoms with Crippen molar-refractivity contribution < 1.29 is 9.00 Å². The molecule has 0 atom stereocenters. The van der Waals surface area contributed by atoms with E-state index in [1.807, 2.05) is 43.0 Å². The van der Waals surface area contributed by atoms with Gasteiger partial charge in [-0.15, -0.1) is 0 Å². The van der Waals surface area contributed by atoms with Crippen LogP contribution in [0.3, 0.4) is 0 Å². The summed E-state index contributed by atoms with van der Waals surface area (Å²) in [6.07, 6.45) is 4.58. The zero-order valence-electron chi connectivity index (χ0n) is 21.6. The van der Waals surface area contributed by atoms with Crippen molar-refractivity contribution in [1.82, 2.24) is 29.6 Å². The lowest BCUT2D eigenvalue weighted by Crippen LogP contribution is -2.47. The number of nitrogens with one attached hydrogen (secondary N) is 2. The monoisotopic (exact) mass is 535 g/mol. The number of rotatable bonds is 6. The summed E-state index contributed by atoms with van der Waals surface area (Å²) in [6.45, 7) is 5.49. The van der Waals surface area contributed by atoms with E-state index in [0.717, 1.165) is 17.9 Å². The van der Waals surface area contributed by atoms with Gasteiger partial charge in [0.25, 0.3) is 5.56 Å². The van der Waals surface area contributed by atoms with E-state index in [1.54, 1.807) is 27.6 Å². The number of amides is 1. The van der Waals surface area contributed by atoms with Crippen molar-refractivity contribution in [1.29, 1.82) is 0 Å². The van der Waals surface area contributed by atoms with E-state index in [2.05, 4.69) is 29.9 Å². The van der Waals surface area contributed by atoms with Gasteiger partial charge in [-0.05, 0) is 50.2 Å². The normalized spacial score (nSPS) is 14.1. The van der Waals surface area contributed by atoms with Gasteiger partial charge in [-0.2, -0.15) is 9.35 Å². The van der Waals surface area contributed by atoms with Crippen LogP contribution in [0.25, 0.3) is 16.9 Å². The maximum atomic E-state index is 13.3. The molecule has 0 unspecified atom stereocenters. The Kier molecular flexibility index (Phi) is 6.61. The first-order valence-corrected chi connectivity index (χ1v) is 14.5. The van der Waals surface area contributed by atoms with E-state index in [1.165, 1.54) is 18.7 Å². The number of aromatic nitrogens is 5. The molecule has 0 saturated carbocycles. The number of anilines is 3. The number of nitrogens with zero attached hydrogens (tertiary/aromatic N) is 7. The number of carbonyl (C=O) groups excluding carboxylic acids is 1. The highest BCUT2D eigenvalue weighted by Gasteiger charge is 2.21. The minimum Gasteiger partial charge on any atom is -0.360 e. The van der Waals surface area contributed by atoms with Gasteiger partial charge in [0, 0.05) is 58.9 Å². The molecular formula is C25H29N9O3S. The van der Waals surface area contributed by atoms with Crippen LogP contribution in [0, 0.1) is 0 Å². The summed E-state index contributed by atoms with van der Waals surface area (Å²) in [5.74, 6) is 1.05. The lowest BCUT2D eigenvalue weighted by Gasteiger charge is -2.28. The number of carbonyl (C=O) groups is 1. The van der Waals surface area contributed by atoms with Gasteiger partial charge >= 0.3 is 0 Å². The molecule has 4 aromatic rings. The van der Waals surface area contributed by atoms with Crippen LogP contribution in [0.1, 0.15) is 19.9 Å². The van der Waals surface area contributed by atoms with Gasteiger partial charge in [0.1, 0.15) is 5.39 Å². The minimum absolute atomic E-state index is 0.00576. The molecule has 1 fully saturated rings. The fourth-order valence-electron chi connectivity index (χ4n) is 4.30. The molecule has 3 aromatic heterocycles. The molecule has 0 bridgehead atoms. The first-order valence-electron chi connectivity index (χ1n) is 12.1. The molecule has 13 heteroatoms. The largest absolute Gasteiger partial charge is 0.360 e. The zero-order valence-corrected chi connectivity index (χ0v) is 22.4. The molecule has 0 radical (unpaired) electrons. The first kappa shape index (κ1) is 25.4. The van der Waals surface area contributed by atoms with E-state index in [-0.39, 0.29) is 17.5 Å². The highest BCUT2D eigenvalue weighted by molar-refractivity contribution is 7.92. The molecule has 0 aliphatic carbocycles. The van der Waals surface area contributed by atoms with Gasteiger partial charge in [0.2, 0.25) is 11.9 Å². The van der Waals surface area contributed by atoms with Crippen molar-refractivity contribution in [2.24, 2.45) is 4.36 Å². The molecule has 12 nitrogen and oxygen atoms in total. The van der Waals surface area contributed by atoms with E-state index in [4.69, 9.17) is 0 Å². The van der Waals surface area contributed by atoms with Crippen LogP contribution < -0.4 is 21.1 Å². The van der Waals surface area contributed by atoms with Crippen molar-refractivity contribution in [3.63, 3.8) is 0 Å². The Morgan fingerprint density at radius 2 is 1.84 bits per heavy atom. The van der Waals surface area contributed by atoms with E-state index in [9.17, 15) is 13.8 Å². The van der Waals surface area contributed by atoms with Crippen LogP contribution in [0.5, 0.6) is 0 Å². The number of hydrogen-bond donors (Lipinski definition) is 2.